The molecule has 0 aliphatic carbocycles. The summed E-state index contributed by atoms with van der Waals surface area (Å²) in [5, 5.41) is 10.1. The molecule has 2 aromatic rings. The lowest BCUT2D eigenvalue weighted by Gasteiger charge is -2.18. The van der Waals surface area contributed by atoms with Crippen molar-refractivity contribution in [1.82, 2.24) is 4.81 Å². The first-order valence-corrected chi connectivity index (χ1v) is 10.3. The van der Waals surface area contributed by atoms with Gasteiger partial charge in [0.25, 0.3) is 0 Å². The van der Waals surface area contributed by atoms with Crippen molar-refractivity contribution in [1.29, 1.82) is 0 Å². The molecule has 1 N–H and O–H groups in total. The Morgan fingerprint density at radius 2 is 1.96 bits per heavy atom. The number of methoxy groups -OCH3 is 1. The highest BCUT2D eigenvalue weighted by molar-refractivity contribution is 7.91. The van der Waals surface area contributed by atoms with E-state index in [1.54, 1.807) is 31.1 Å². The summed E-state index contributed by atoms with van der Waals surface area (Å²) in [6, 6.07) is 11.2. The highest BCUT2D eigenvalue weighted by atomic mass is 35.5. The van der Waals surface area contributed by atoms with Gasteiger partial charge in [-0.05, 0) is 62.2 Å². The van der Waals surface area contributed by atoms with Gasteiger partial charge in [-0.3, -0.25) is 0 Å². The average Bonchev–Trinajstić information content (AvgIpc) is 3.11. The molecule has 2 aromatic carbocycles. The van der Waals surface area contributed by atoms with Crippen LogP contribution in [0.2, 0.25) is 11.8 Å². The van der Waals surface area contributed by atoms with Gasteiger partial charge in [0.1, 0.15) is 5.75 Å². The first-order chi connectivity index (χ1) is 12.3. The van der Waals surface area contributed by atoms with Crippen LogP contribution in [0.15, 0.2) is 52.3 Å². The van der Waals surface area contributed by atoms with Crippen LogP contribution in [0.1, 0.15) is 17.9 Å². The molecule has 138 valence electrons. The van der Waals surface area contributed by atoms with E-state index >= 15 is 0 Å². The van der Waals surface area contributed by atoms with Gasteiger partial charge >= 0.3 is 7.05 Å². The van der Waals surface area contributed by atoms with Crippen molar-refractivity contribution < 1.29 is 18.2 Å². The topological polar surface area (TPSA) is 66.8 Å². The van der Waals surface area contributed by atoms with Gasteiger partial charge in [-0.15, -0.1) is 0 Å². The zero-order chi connectivity index (χ0) is 18.9. The molecule has 0 bridgehead atoms. The van der Waals surface area contributed by atoms with E-state index in [1.807, 2.05) is 10.9 Å². The van der Waals surface area contributed by atoms with Gasteiger partial charge in [-0.2, -0.15) is 0 Å². The molecule has 1 heterocycles. The average molecular weight is 394 g/mol. The number of hydrogen-bond donors (Lipinski definition) is 1. The Morgan fingerprint density at radius 1 is 1.23 bits per heavy atom. The maximum Gasteiger partial charge on any atom is 0.376 e. The summed E-state index contributed by atoms with van der Waals surface area (Å²) >= 11 is 5.93. The molecule has 1 fully saturated rings. The lowest BCUT2D eigenvalue weighted by molar-refractivity contribution is 0.399. The van der Waals surface area contributed by atoms with Gasteiger partial charge in [-0.1, -0.05) is 23.7 Å². The number of rotatable bonds is 5. The van der Waals surface area contributed by atoms with E-state index in [2.05, 4.69) is 0 Å². The summed E-state index contributed by atoms with van der Waals surface area (Å²) < 4.78 is 31.2. The third-order valence-corrected chi connectivity index (χ3v) is 6.79. The van der Waals surface area contributed by atoms with Gasteiger partial charge in [0, 0.05) is 10.9 Å². The lowest BCUT2D eigenvalue weighted by Crippen LogP contribution is -2.34. The molecule has 8 heteroatoms. The Kier molecular flexibility index (Phi) is 5.62. The summed E-state index contributed by atoms with van der Waals surface area (Å²) in [5.74, 6) is 0.744. The summed E-state index contributed by atoms with van der Waals surface area (Å²) in [6.45, 7) is 3.27. The van der Waals surface area contributed by atoms with E-state index < -0.39 is 16.9 Å². The fourth-order valence-electron chi connectivity index (χ4n) is 3.35. The maximum absolute atomic E-state index is 12.9. The Bertz CT molecular complexity index is 904. The molecule has 0 radical (unpaired) electrons. The zero-order valence-electron chi connectivity index (χ0n) is 14.7. The number of nitrogens with zero attached hydrogens (tertiary/aromatic N) is 1. The van der Waals surface area contributed by atoms with Gasteiger partial charge < -0.3 is 14.6 Å². The molecule has 1 aliphatic heterocycles. The minimum Gasteiger partial charge on any atom is -0.496 e. The van der Waals surface area contributed by atoms with E-state index in [4.69, 9.17) is 16.3 Å². The van der Waals surface area contributed by atoms with Crippen LogP contribution in [0, 0.1) is 0 Å². The largest absolute Gasteiger partial charge is 0.496 e. The second kappa shape index (κ2) is 7.60. The molecule has 1 unspecified atom stereocenters. The fraction of sp³-hybridized carbons (Fsp3) is 0.333. The van der Waals surface area contributed by atoms with Crippen LogP contribution in [-0.4, -0.2) is 45.5 Å². The molecule has 26 heavy (non-hydrogen) atoms. The van der Waals surface area contributed by atoms with Crippen molar-refractivity contribution in [3.8, 4) is 5.75 Å². The third kappa shape index (κ3) is 3.76. The molecular formula is C18H21BClNO4S. The minimum atomic E-state index is -3.67. The molecule has 0 amide bonds. The molecule has 1 atom stereocenters. The van der Waals surface area contributed by atoms with Crippen molar-refractivity contribution in [2.45, 2.75) is 29.0 Å². The standard InChI is InChI=1S/C18H21BClNO4S/c1-19(22)21-9-8-13(12-21)17-7-6-16(11-18(17)25-2)26(23,24)15-5-3-4-14(20)10-15/h3-7,10-11,13,22H,8-9,12H2,1-2H3. The maximum atomic E-state index is 12.9. The highest BCUT2D eigenvalue weighted by Gasteiger charge is 2.30. The molecule has 1 aliphatic rings. The zero-order valence-corrected chi connectivity index (χ0v) is 16.3. The number of benzene rings is 2. The quantitative estimate of drug-likeness (QED) is 0.791. The van der Waals surface area contributed by atoms with Crippen molar-refractivity contribution in [3.05, 3.63) is 53.1 Å². The summed E-state index contributed by atoms with van der Waals surface area (Å²) in [5.41, 5.74) is 0.959. The number of sulfone groups is 1. The van der Waals surface area contributed by atoms with Crippen LogP contribution >= 0.6 is 11.6 Å². The predicted molar refractivity (Wildman–Crippen MR) is 103 cm³/mol. The summed E-state index contributed by atoms with van der Waals surface area (Å²) in [6.07, 6.45) is 0.891. The molecular weight excluding hydrogens is 373 g/mol. The van der Waals surface area contributed by atoms with Gasteiger partial charge in [-0.25, -0.2) is 8.42 Å². The van der Waals surface area contributed by atoms with Crippen LogP contribution in [0.25, 0.3) is 0 Å². The van der Waals surface area contributed by atoms with Crippen LogP contribution in [-0.2, 0) is 9.84 Å². The van der Waals surface area contributed by atoms with Crippen molar-refractivity contribution in [2.24, 2.45) is 0 Å². The second-order valence-electron chi connectivity index (χ2n) is 6.48. The van der Waals surface area contributed by atoms with Gasteiger partial charge in [0.05, 0.1) is 16.9 Å². The molecule has 1 saturated heterocycles. The number of ether oxygens (including phenoxy) is 1. The van der Waals surface area contributed by atoms with E-state index in [0.29, 0.717) is 17.3 Å². The number of halogens is 1. The van der Waals surface area contributed by atoms with Gasteiger partial charge in [0.2, 0.25) is 9.84 Å². The third-order valence-electron chi connectivity index (χ3n) is 4.81. The van der Waals surface area contributed by atoms with Crippen LogP contribution < -0.4 is 4.74 Å². The minimum absolute atomic E-state index is 0.154. The first kappa shape index (κ1) is 19.2. The fourth-order valence-corrected chi connectivity index (χ4v) is 4.92. The predicted octanol–water partition coefficient (Wildman–Crippen LogP) is 3.08. The Labute approximate surface area is 159 Å². The Morgan fingerprint density at radius 3 is 2.58 bits per heavy atom. The Balaban J connectivity index is 1.94. The van der Waals surface area contributed by atoms with E-state index in [0.717, 1.165) is 18.5 Å². The molecule has 0 aromatic heterocycles. The molecule has 5 nitrogen and oxygen atoms in total. The molecule has 3 rings (SSSR count). The monoisotopic (exact) mass is 393 g/mol. The van der Waals surface area contributed by atoms with Crippen molar-refractivity contribution in [3.63, 3.8) is 0 Å². The first-order valence-electron chi connectivity index (χ1n) is 8.43. The van der Waals surface area contributed by atoms with Crippen molar-refractivity contribution >= 4 is 28.5 Å². The smallest absolute Gasteiger partial charge is 0.376 e. The van der Waals surface area contributed by atoms with E-state index in [9.17, 15) is 13.4 Å². The highest BCUT2D eigenvalue weighted by Crippen LogP contribution is 2.36. The van der Waals surface area contributed by atoms with Crippen LogP contribution in [0.4, 0.5) is 0 Å². The summed E-state index contributed by atoms with van der Waals surface area (Å²) in [4.78, 5) is 2.31. The van der Waals surface area contributed by atoms with E-state index in [-0.39, 0.29) is 15.7 Å². The van der Waals surface area contributed by atoms with Crippen molar-refractivity contribution in [2.75, 3.05) is 20.2 Å². The summed E-state index contributed by atoms with van der Waals surface area (Å²) in [7, 11) is -2.63. The Hall–Kier alpha value is -1.54. The SMILES string of the molecule is COc1cc(S(=O)(=O)c2cccc(Cl)c2)ccc1C1CCN(B(C)O)C1. The van der Waals surface area contributed by atoms with E-state index in [1.165, 1.54) is 19.2 Å². The van der Waals surface area contributed by atoms with Crippen LogP contribution in [0.3, 0.4) is 0 Å². The van der Waals surface area contributed by atoms with Crippen LogP contribution in [0.5, 0.6) is 5.75 Å². The lowest BCUT2D eigenvalue weighted by atomic mass is 9.85. The normalized spacial score (nSPS) is 18.1. The molecule has 0 saturated carbocycles. The molecule has 0 spiro atoms. The van der Waals surface area contributed by atoms with Gasteiger partial charge in [0.15, 0.2) is 0 Å². The number of hydrogen-bond acceptors (Lipinski definition) is 5. The second-order valence-corrected chi connectivity index (χ2v) is 8.86.